The van der Waals surface area contributed by atoms with Crippen molar-refractivity contribution in [3.05, 3.63) is 51.5 Å². The average Bonchev–Trinajstić information content (AvgIpc) is 2.23. The summed E-state index contributed by atoms with van der Waals surface area (Å²) in [5.41, 5.74) is 2.10. The first-order valence-corrected chi connectivity index (χ1v) is 5.72. The molecule has 0 atom stereocenters. The molecule has 2 aromatic rings. The van der Waals surface area contributed by atoms with Gasteiger partial charge in [-0.3, -0.25) is 4.98 Å². The molecule has 0 fully saturated rings. The summed E-state index contributed by atoms with van der Waals surface area (Å²) in [5, 5.41) is 0. The zero-order valence-corrected chi connectivity index (χ0v) is 10.4. The first-order valence-electron chi connectivity index (χ1n) is 4.14. The second kappa shape index (κ2) is 4.24. The van der Waals surface area contributed by atoms with Crippen molar-refractivity contribution >= 4 is 31.9 Å². The summed E-state index contributed by atoms with van der Waals surface area (Å²) in [6.45, 7) is 0. The largest absolute Gasteiger partial charge is 0.255 e. The Labute approximate surface area is 99.4 Å². The van der Waals surface area contributed by atoms with Gasteiger partial charge in [0.1, 0.15) is 0 Å². The molecule has 0 saturated carbocycles. The van der Waals surface area contributed by atoms with Gasteiger partial charge < -0.3 is 0 Å². The van der Waals surface area contributed by atoms with E-state index in [4.69, 9.17) is 0 Å². The smallest absolute Gasteiger partial charge is 0.0714 e. The summed E-state index contributed by atoms with van der Waals surface area (Å²) in [6.07, 6.45) is 1.80. The number of nitrogens with zero attached hydrogens (tertiary/aromatic N) is 1. The van der Waals surface area contributed by atoms with E-state index in [0.717, 1.165) is 20.2 Å². The maximum absolute atomic E-state index is 4.33. The zero-order chi connectivity index (χ0) is 9.97. The van der Waals surface area contributed by atoms with E-state index in [9.17, 15) is 0 Å². The first-order chi connectivity index (χ1) is 6.77. The molecule has 1 aromatic heterocycles. The molecule has 0 amide bonds. The Balaban J connectivity index is 2.48. The Morgan fingerprint density at radius 2 is 1.64 bits per heavy atom. The molecule has 14 heavy (non-hydrogen) atoms. The number of hydrogen-bond acceptors (Lipinski definition) is 1. The van der Waals surface area contributed by atoms with Crippen LogP contribution in [0, 0.1) is 0 Å². The summed E-state index contributed by atoms with van der Waals surface area (Å²) < 4.78 is 1.99. The predicted octanol–water partition coefficient (Wildman–Crippen LogP) is 4.27. The Kier molecular flexibility index (Phi) is 2.99. The molecule has 0 unspecified atom stereocenters. The highest BCUT2D eigenvalue weighted by atomic mass is 79.9. The highest BCUT2D eigenvalue weighted by Crippen LogP contribution is 2.26. The summed E-state index contributed by atoms with van der Waals surface area (Å²) in [5.74, 6) is 0. The van der Waals surface area contributed by atoms with Crippen molar-refractivity contribution in [1.29, 1.82) is 0 Å². The van der Waals surface area contributed by atoms with Gasteiger partial charge in [0.15, 0.2) is 0 Å². The monoisotopic (exact) mass is 311 g/mol. The molecule has 1 heterocycles. The Bertz CT molecular complexity index is 440. The van der Waals surface area contributed by atoms with Gasteiger partial charge in [0.25, 0.3) is 0 Å². The molecule has 0 N–H and O–H groups in total. The molecule has 0 aliphatic heterocycles. The van der Waals surface area contributed by atoms with E-state index >= 15 is 0 Å². The van der Waals surface area contributed by atoms with Crippen LogP contribution in [0.3, 0.4) is 0 Å². The fourth-order valence-electron chi connectivity index (χ4n) is 1.18. The predicted molar refractivity (Wildman–Crippen MR) is 65.1 cm³/mol. The van der Waals surface area contributed by atoms with Gasteiger partial charge >= 0.3 is 0 Å². The molecule has 1 aromatic carbocycles. The van der Waals surface area contributed by atoms with Crippen LogP contribution in [0.1, 0.15) is 0 Å². The fraction of sp³-hybridized carbons (Fsp3) is 0. The maximum Gasteiger partial charge on any atom is 0.0714 e. The number of pyridine rings is 1. The molecule has 1 nitrogen and oxygen atoms in total. The fourth-order valence-corrected chi connectivity index (χ4v) is 1.72. The molecular weight excluding hydrogens is 306 g/mol. The van der Waals surface area contributed by atoms with Crippen molar-refractivity contribution in [3.8, 4) is 11.3 Å². The van der Waals surface area contributed by atoms with Gasteiger partial charge in [0, 0.05) is 16.2 Å². The van der Waals surface area contributed by atoms with E-state index in [0.29, 0.717) is 0 Å². The lowest BCUT2D eigenvalue weighted by molar-refractivity contribution is 1.29. The molecule has 0 saturated heterocycles. The molecule has 2 rings (SSSR count). The van der Waals surface area contributed by atoms with Gasteiger partial charge in [-0.05, 0) is 37.9 Å². The van der Waals surface area contributed by atoms with Crippen molar-refractivity contribution in [2.75, 3.05) is 0 Å². The van der Waals surface area contributed by atoms with Gasteiger partial charge in [-0.15, -0.1) is 0 Å². The van der Waals surface area contributed by atoms with Crippen LogP contribution in [0.4, 0.5) is 0 Å². The van der Waals surface area contributed by atoms with E-state index in [2.05, 4.69) is 36.8 Å². The third-order valence-corrected chi connectivity index (χ3v) is 3.70. The SMILES string of the molecule is Brc1cnc(-c2ccccc2)cc1Br. The van der Waals surface area contributed by atoms with Gasteiger partial charge in [-0.2, -0.15) is 0 Å². The summed E-state index contributed by atoms with van der Waals surface area (Å²) in [7, 11) is 0. The van der Waals surface area contributed by atoms with Crippen LogP contribution in [0.15, 0.2) is 51.5 Å². The van der Waals surface area contributed by atoms with E-state index in [-0.39, 0.29) is 0 Å². The molecule has 3 heteroatoms. The second-order valence-corrected chi connectivity index (χ2v) is 4.56. The van der Waals surface area contributed by atoms with Gasteiger partial charge in [-0.1, -0.05) is 30.3 Å². The van der Waals surface area contributed by atoms with E-state index in [1.807, 2.05) is 36.4 Å². The summed E-state index contributed by atoms with van der Waals surface area (Å²) >= 11 is 6.85. The normalized spacial score (nSPS) is 10.1. The number of benzene rings is 1. The summed E-state index contributed by atoms with van der Waals surface area (Å²) in [4.78, 5) is 4.33. The quantitative estimate of drug-likeness (QED) is 0.766. The lowest BCUT2D eigenvalue weighted by Gasteiger charge is -2.01. The van der Waals surface area contributed by atoms with Crippen LogP contribution >= 0.6 is 31.9 Å². The molecule has 70 valence electrons. The number of hydrogen-bond donors (Lipinski definition) is 0. The molecular formula is C11H7Br2N. The van der Waals surface area contributed by atoms with Crippen LogP contribution in [-0.2, 0) is 0 Å². The van der Waals surface area contributed by atoms with Gasteiger partial charge in [0.05, 0.1) is 10.2 Å². The van der Waals surface area contributed by atoms with E-state index in [1.165, 1.54) is 0 Å². The molecule has 0 aliphatic carbocycles. The summed E-state index contributed by atoms with van der Waals surface area (Å²) in [6, 6.07) is 12.1. The van der Waals surface area contributed by atoms with Crippen LogP contribution in [0.2, 0.25) is 0 Å². The van der Waals surface area contributed by atoms with Crippen LogP contribution in [-0.4, -0.2) is 4.98 Å². The molecule has 0 bridgehead atoms. The number of aromatic nitrogens is 1. The molecule has 0 radical (unpaired) electrons. The average molecular weight is 313 g/mol. The maximum atomic E-state index is 4.33. The molecule has 0 spiro atoms. The van der Waals surface area contributed by atoms with Crippen LogP contribution in [0.25, 0.3) is 11.3 Å². The van der Waals surface area contributed by atoms with Crippen molar-refractivity contribution in [2.45, 2.75) is 0 Å². The lowest BCUT2D eigenvalue weighted by Crippen LogP contribution is -1.83. The highest BCUT2D eigenvalue weighted by molar-refractivity contribution is 9.13. The van der Waals surface area contributed by atoms with Crippen LogP contribution < -0.4 is 0 Å². The van der Waals surface area contributed by atoms with Crippen molar-refractivity contribution in [3.63, 3.8) is 0 Å². The lowest BCUT2D eigenvalue weighted by atomic mass is 10.1. The first kappa shape index (κ1) is 9.87. The van der Waals surface area contributed by atoms with E-state index < -0.39 is 0 Å². The number of rotatable bonds is 1. The molecule has 0 aliphatic rings. The van der Waals surface area contributed by atoms with Crippen molar-refractivity contribution < 1.29 is 0 Å². The number of halogens is 2. The topological polar surface area (TPSA) is 12.9 Å². The minimum absolute atomic E-state index is 0.970. The highest BCUT2D eigenvalue weighted by Gasteiger charge is 2.01. The minimum atomic E-state index is 0.970. The van der Waals surface area contributed by atoms with Gasteiger partial charge in [0.2, 0.25) is 0 Å². The van der Waals surface area contributed by atoms with Crippen LogP contribution in [0.5, 0.6) is 0 Å². The zero-order valence-electron chi connectivity index (χ0n) is 7.24. The van der Waals surface area contributed by atoms with Crippen molar-refractivity contribution in [2.24, 2.45) is 0 Å². The third-order valence-electron chi connectivity index (χ3n) is 1.88. The second-order valence-electron chi connectivity index (χ2n) is 2.85. The Morgan fingerprint density at radius 3 is 2.29 bits per heavy atom. The van der Waals surface area contributed by atoms with E-state index in [1.54, 1.807) is 6.20 Å². The Morgan fingerprint density at radius 1 is 0.929 bits per heavy atom. The van der Waals surface area contributed by atoms with Gasteiger partial charge in [-0.25, -0.2) is 0 Å². The third kappa shape index (κ3) is 2.04. The Hall–Kier alpha value is -0.670. The minimum Gasteiger partial charge on any atom is -0.255 e. The standard InChI is InChI=1S/C11H7Br2N/c12-9-6-11(14-7-10(9)13)8-4-2-1-3-5-8/h1-7H. The van der Waals surface area contributed by atoms with Crippen molar-refractivity contribution in [1.82, 2.24) is 4.98 Å².